The molecule has 0 radical (unpaired) electrons. The highest BCUT2D eigenvalue weighted by atomic mass is 79.9. The zero-order chi connectivity index (χ0) is 13.9. The minimum Gasteiger partial charge on any atom is -0.326 e. The maximum atomic E-state index is 12.3. The summed E-state index contributed by atoms with van der Waals surface area (Å²) in [5.74, 6) is 0. The van der Waals surface area contributed by atoms with E-state index in [1.165, 1.54) is 0 Å². The number of nitrogens with two attached hydrogens (primary N) is 1. The molecular formula is C13H19BrN2O2S. The standard InChI is InChI=1S/C13H19BrN2O2S/c14-9-10-5-7-11(8-6-10)19(17,18)16-13-4-2-1-3-12(13)15/h5-8,12-13,16H,1-4,9,15H2/t12-,13-/m0/s1. The summed E-state index contributed by atoms with van der Waals surface area (Å²) in [5.41, 5.74) is 7.03. The first-order chi connectivity index (χ1) is 9.03. The van der Waals surface area contributed by atoms with E-state index in [0.29, 0.717) is 10.2 Å². The van der Waals surface area contributed by atoms with Gasteiger partial charge in [-0.1, -0.05) is 40.9 Å². The molecule has 0 aromatic heterocycles. The van der Waals surface area contributed by atoms with Crippen LogP contribution in [0, 0.1) is 0 Å². The van der Waals surface area contributed by atoms with E-state index in [9.17, 15) is 8.42 Å². The number of hydrogen-bond acceptors (Lipinski definition) is 3. The van der Waals surface area contributed by atoms with Crippen molar-refractivity contribution in [2.24, 2.45) is 5.73 Å². The molecule has 4 nitrogen and oxygen atoms in total. The molecule has 0 bridgehead atoms. The summed E-state index contributed by atoms with van der Waals surface area (Å²) < 4.78 is 27.3. The Labute approximate surface area is 122 Å². The molecule has 0 saturated heterocycles. The van der Waals surface area contributed by atoms with E-state index in [0.717, 1.165) is 31.2 Å². The van der Waals surface area contributed by atoms with Crippen molar-refractivity contribution in [3.63, 3.8) is 0 Å². The van der Waals surface area contributed by atoms with Crippen LogP contribution in [0.25, 0.3) is 0 Å². The minimum atomic E-state index is -3.46. The number of benzene rings is 1. The molecule has 1 saturated carbocycles. The number of sulfonamides is 1. The fourth-order valence-electron chi connectivity index (χ4n) is 2.33. The van der Waals surface area contributed by atoms with Gasteiger partial charge in [0.2, 0.25) is 10.0 Å². The Hall–Kier alpha value is -0.430. The van der Waals surface area contributed by atoms with Crippen molar-refractivity contribution >= 4 is 26.0 Å². The van der Waals surface area contributed by atoms with Gasteiger partial charge in [0.15, 0.2) is 0 Å². The van der Waals surface area contributed by atoms with Gasteiger partial charge in [-0.25, -0.2) is 13.1 Å². The predicted octanol–water partition coefficient (Wildman–Crippen LogP) is 2.13. The molecule has 0 unspecified atom stereocenters. The molecular weight excluding hydrogens is 328 g/mol. The van der Waals surface area contributed by atoms with Gasteiger partial charge in [-0.15, -0.1) is 0 Å². The number of nitrogens with one attached hydrogen (secondary N) is 1. The van der Waals surface area contributed by atoms with Gasteiger partial charge in [-0.3, -0.25) is 0 Å². The van der Waals surface area contributed by atoms with Crippen LogP contribution in [-0.4, -0.2) is 20.5 Å². The van der Waals surface area contributed by atoms with Gasteiger partial charge in [0, 0.05) is 17.4 Å². The summed E-state index contributed by atoms with van der Waals surface area (Å²) in [7, 11) is -3.46. The maximum absolute atomic E-state index is 12.3. The topological polar surface area (TPSA) is 72.2 Å². The molecule has 1 aliphatic rings. The lowest BCUT2D eigenvalue weighted by molar-refractivity contribution is 0.361. The third kappa shape index (κ3) is 3.78. The Kier molecular flexibility index (Phi) is 5.00. The number of halogens is 1. The summed E-state index contributed by atoms with van der Waals surface area (Å²) in [6, 6.07) is 6.66. The molecule has 106 valence electrons. The van der Waals surface area contributed by atoms with Gasteiger partial charge in [-0.2, -0.15) is 0 Å². The molecule has 19 heavy (non-hydrogen) atoms. The molecule has 0 aliphatic heterocycles. The summed E-state index contributed by atoms with van der Waals surface area (Å²) in [6.45, 7) is 0. The molecule has 1 aliphatic carbocycles. The van der Waals surface area contributed by atoms with Gasteiger partial charge in [0.05, 0.1) is 4.90 Å². The zero-order valence-electron chi connectivity index (χ0n) is 10.7. The van der Waals surface area contributed by atoms with Gasteiger partial charge >= 0.3 is 0 Å². The third-order valence-electron chi connectivity index (χ3n) is 3.51. The molecule has 6 heteroatoms. The van der Waals surface area contributed by atoms with Crippen molar-refractivity contribution in [2.45, 2.75) is 48.0 Å². The maximum Gasteiger partial charge on any atom is 0.240 e. The Balaban J connectivity index is 2.12. The Morgan fingerprint density at radius 2 is 1.84 bits per heavy atom. The monoisotopic (exact) mass is 346 g/mol. The van der Waals surface area contributed by atoms with Crippen molar-refractivity contribution in [3.8, 4) is 0 Å². The number of hydrogen-bond donors (Lipinski definition) is 2. The van der Waals surface area contributed by atoms with E-state index in [4.69, 9.17) is 5.73 Å². The first kappa shape index (κ1) is 15.0. The first-order valence-corrected chi connectivity index (χ1v) is 9.06. The second kappa shape index (κ2) is 6.35. The Bertz CT molecular complexity index is 516. The largest absolute Gasteiger partial charge is 0.326 e. The van der Waals surface area contributed by atoms with E-state index in [1.807, 2.05) is 12.1 Å². The fourth-order valence-corrected chi connectivity index (χ4v) is 4.03. The molecule has 2 atom stereocenters. The van der Waals surface area contributed by atoms with Crippen molar-refractivity contribution in [3.05, 3.63) is 29.8 Å². The van der Waals surface area contributed by atoms with Crippen molar-refractivity contribution < 1.29 is 8.42 Å². The molecule has 1 fully saturated rings. The summed E-state index contributed by atoms with van der Waals surface area (Å²) in [4.78, 5) is 0.301. The fraction of sp³-hybridized carbons (Fsp3) is 0.538. The van der Waals surface area contributed by atoms with Crippen LogP contribution < -0.4 is 10.5 Å². The van der Waals surface area contributed by atoms with Crippen LogP contribution in [0.5, 0.6) is 0 Å². The van der Waals surface area contributed by atoms with Crippen molar-refractivity contribution in [1.29, 1.82) is 0 Å². The van der Waals surface area contributed by atoms with Gasteiger partial charge in [-0.05, 0) is 30.5 Å². The quantitative estimate of drug-likeness (QED) is 0.820. The van der Waals surface area contributed by atoms with Crippen LogP contribution in [0.3, 0.4) is 0 Å². The van der Waals surface area contributed by atoms with E-state index in [2.05, 4.69) is 20.7 Å². The second-order valence-corrected chi connectivity index (χ2v) is 7.23. The molecule has 2 rings (SSSR count). The average molecular weight is 347 g/mol. The van der Waals surface area contributed by atoms with Gasteiger partial charge < -0.3 is 5.73 Å². The SMILES string of the molecule is N[C@H]1CCCC[C@@H]1NS(=O)(=O)c1ccc(CBr)cc1. The lowest BCUT2D eigenvalue weighted by Crippen LogP contribution is -2.49. The van der Waals surface area contributed by atoms with E-state index < -0.39 is 10.0 Å². The summed E-state index contributed by atoms with van der Waals surface area (Å²) >= 11 is 3.34. The summed E-state index contributed by atoms with van der Waals surface area (Å²) in [5, 5.41) is 0.717. The molecule has 0 spiro atoms. The smallest absolute Gasteiger partial charge is 0.240 e. The van der Waals surface area contributed by atoms with Crippen LogP contribution in [0.15, 0.2) is 29.2 Å². The first-order valence-electron chi connectivity index (χ1n) is 6.46. The van der Waals surface area contributed by atoms with Crippen LogP contribution in [0.4, 0.5) is 0 Å². The lowest BCUT2D eigenvalue weighted by atomic mass is 9.92. The Morgan fingerprint density at radius 1 is 1.21 bits per heavy atom. The Morgan fingerprint density at radius 3 is 2.42 bits per heavy atom. The van der Waals surface area contributed by atoms with Crippen molar-refractivity contribution in [2.75, 3.05) is 0 Å². The zero-order valence-corrected chi connectivity index (χ0v) is 13.1. The number of alkyl halides is 1. The normalized spacial score (nSPS) is 24.3. The van der Waals surface area contributed by atoms with Crippen molar-refractivity contribution in [1.82, 2.24) is 4.72 Å². The molecule has 1 aromatic rings. The number of rotatable bonds is 4. The summed E-state index contributed by atoms with van der Waals surface area (Å²) in [6.07, 6.45) is 3.82. The highest BCUT2D eigenvalue weighted by Gasteiger charge is 2.26. The third-order valence-corrected chi connectivity index (χ3v) is 5.67. The van der Waals surface area contributed by atoms with E-state index in [1.54, 1.807) is 12.1 Å². The molecule has 0 amide bonds. The van der Waals surface area contributed by atoms with Crippen LogP contribution in [-0.2, 0) is 15.4 Å². The van der Waals surface area contributed by atoms with Gasteiger partial charge in [0.25, 0.3) is 0 Å². The van der Waals surface area contributed by atoms with Gasteiger partial charge in [0.1, 0.15) is 0 Å². The predicted molar refractivity (Wildman–Crippen MR) is 79.6 cm³/mol. The van der Waals surface area contributed by atoms with E-state index >= 15 is 0 Å². The highest BCUT2D eigenvalue weighted by Crippen LogP contribution is 2.20. The average Bonchev–Trinajstić information content (AvgIpc) is 2.41. The molecule has 0 heterocycles. The highest BCUT2D eigenvalue weighted by molar-refractivity contribution is 9.08. The molecule has 1 aromatic carbocycles. The van der Waals surface area contributed by atoms with Crippen LogP contribution in [0.1, 0.15) is 31.2 Å². The second-order valence-electron chi connectivity index (χ2n) is 4.95. The van der Waals surface area contributed by atoms with E-state index in [-0.39, 0.29) is 12.1 Å². The minimum absolute atomic E-state index is 0.0784. The molecule has 3 N–H and O–H groups in total. The van der Waals surface area contributed by atoms with Crippen LogP contribution in [0.2, 0.25) is 0 Å². The lowest BCUT2D eigenvalue weighted by Gasteiger charge is -2.29. The van der Waals surface area contributed by atoms with Crippen LogP contribution >= 0.6 is 15.9 Å².